The van der Waals surface area contributed by atoms with Crippen molar-refractivity contribution in [2.45, 2.75) is 39.2 Å². The van der Waals surface area contributed by atoms with Gasteiger partial charge in [0.2, 0.25) is 0 Å². The van der Waals surface area contributed by atoms with Crippen LogP contribution in [-0.2, 0) is 13.0 Å². The lowest BCUT2D eigenvalue weighted by molar-refractivity contribution is 0.280. The zero-order chi connectivity index (χ0) is 20.8. The van der Waals surface area contributed by atoms with E-state index in [1.807, 2.05) is 11.5 Å². The largest absolute Gasteiger partial charge is 0.384 e. The maximum Gasteiger partial charge on any atom is 0.251 e. The fraction of sp³-hybridized carbons (Fsp3) is 0.409. The van der Waals surface area contributed by atoms with Crippen molar-refractivity contribution in [2.24, 2.45) is 5.92 Å². The summed E-state index contributed by atoms with van der Waals surface area (Å²) in [7, 11) is 0. The Hall–Kier alpha value is -3.29. The lowest BCUT2D eigenvalue weighted by Gasteiger charge is -2.43. The zero-order valence-electron chi connectivity index (χ0n) is 17.2. The highest BCUT2D eigenvalue weighted by Crippen LogP contribution is 2.37. The summed E-state index contributed by atoms with van der Waals surface area (Å²) in [4.78, 5) is 32.7. The summed E-state index contributed by atoms with van der Waals surface area (Å²) in [5.74, 6) is 2.89. The van der Waals surface area contributed by atoms with E-state index in [9.17, 15) is 4.79 Å². The minimum atomic E-state index is 0.0222. The molecular formula is C22H25N7O. The van der Waals surface area contributed by atoms with Gasteiger partial charge >= 0.3 is 0 Å². The van der Waals surface area contributed by atoms with Crippen molar-refractivity contribution >= 4 is 11.6 Å². The molecular weight excluding hydrogens is 378 g/mol. The normalized spacial score (nSPS) is 20.1. The topological polar surface area (TPSA) is 103 Å². The fourth-order valence-corrected chi connectivity index (χ4v) is 4.78. The Balaban J connectivity index is 1.52. The molecule has 0 aliphatic carbocycles. The summed E-state index contributed by atoms with van der Waals surface area (Å²) in [6.45, 7) is 6.54. The first-order valence-corrected chi connectivity index (χ1v) is 10.4. The van der Waals surface area contributed by atoms with Crippen molar-refractivity contribution in [3.8, 4) is 11.3 Å². The fourth-order valence-electron chi connectivity index (χ4n) is 4.78. The SMILES string of the molecule is CCc1cc(N2C[C@@H]3C[C@H](C2)c2cc(-c4cc(N)ncn4)cc(=O)n2C3)nc(C)n1. The number of aryl methyl sites for hydroxylation is 2. The van der Waals surface area contributed by atoms with E-state index in [1.165, 1.54) is 6.33 Å². The Labute approximate surface area is 174 Å². The van der Waals surface area contributed by atoms with Gasteiger partial charge in [0.05, 0.1) is 5.69 Å². The second-order valence-electron chi connectivity index (χ2n) is 8.27. The molecule has 1 fully saturated rings. The van der Waals surface area contributed by atoms with Gasteiger partial charge in [-0.2, -0.15) is 0 Å². The number of nitrogen functional groups attached to an aromatic ring is 1. The van der Waals surface area contributed by atoms with E-state index < -0.39 is 0 Å². The predicted molar refractivity (Wildman–Crippen MR) is 115 cm³/mol. The lowest BCUT2D eigenvalue weighted by Crippen LogP contribution is -2.47. The van der Waals surface area contributed by atoms with Gasteiger partial charge in [-0.1, -0.05) is 6.92 Å². The number of rotatable bonds is 3. The Morgan fingerprint density at radius 2 is 1.97 bits per heavy atom. The van der Waals surface area contributed by atoms with Gasteiger partial charge in [-0.15, -0.1) is 0 Å². The van der Waals surface area contributed by atoms with Gasteiger partial charge in [-0.05, 0) is 31.7 Å². The average molecular weight is 403 g/mol. The molecule has 8 nitrogen and oxygen atoms in total. The number of nitrogens with zero attached hydrogens (tertiary/aromatic N) is 6. The van der Waals surface area contributed by atoms with Crippen LogP contribution in [0.4, 0.5) is 11.6 Å². The molecule has 0 saturated carbocycles. The number of pyridine rings is 1. The molecule has 2 aliphatic heterocycles. The first-order valence-electron chi connectivity index (χ1n) is 10.4. The molecule has 1 saturated heterocycles. The van der Waals surface area contributed by atoms with Crippen LogP contribution in [0.5, 0.6) is 0 Å². The summed E-state index contributed by atoms with van der Waals surface area (Å²) in [5.41, 5.74) is 9.44. The summed E-state index contributed by atoms with van der Waals surface area (Å²) in [5, 5.41) is 0. The highest BCUT2D eigenvalue weighted by atomic mass is 16.1. The lowest BCUT2D eigenvalue weighted by atomic mass is 9.82. The standard InChI is InChI=1S/C22H25N7O/c1-3-17-7-21(27-13(2)26-17)28-9-14-4-16(11-28)19-5-15(6-22(30)29(19)10-14)18-8-20(23)25-12-24-18/h5-8,12,14,16H,3-4,9-11H2,1-2H3,(H2,23,24,25)/t14-,16+/m0/s1. The third kappa shape index (κ3) is 3.32. The zero-order valence-corrected chi connectivity index (χ0v) is 17.2. The first-order chi connectivity index (χ1) is 14.5. The van der Waals surface area contributed by atoms with Crippen molar-refractivity contribution in [2.75, 3.05) is 23.7 Å². The molecule has 5 heterocycles. The molecule has 2 N–H and O–H groups in total. The number of hydrogen-bond acceptors (Lipinski definition) is 7. The molecule has 0 unspecified atom stereocenters. The molecule has 8 heteroatoms. The van der Waals surface area contributed by atoms with E-state index in [4.69, 9.17) is 10.7 Å². The number of piperidine rings is 1. The number of fused-ring (bicyclic) bond motifs is 4. The Bertz CT molecular complexity index is 1170. The van der Waals surface area contributed by atoms with E-state index >= 15 is 0 Å². The Morgan fingerprint density at radius 1 is 1.10 bits per heavy atom. The molecule has 154 valence electrons. The predicted octanol–water partition coefficient (Wildman–Crippen LogP) is 2.17. The van der Waals surface area contributed by atoms with Gasteiger partial charge in [0.25, 0.3) is 5.56 Å². The van der Waals surface area contributed by atoms with Crippen molar-refractivity contribution in [1.82, 2.24) is 24.5 Å². The van der Waals surface area contributed by atoms with Crippen LogP contribution >= 0.6 is 0 Å². The van der Waals surface area contributed by atoms with Gasteiger partial charge < -0.3 is 15.2 Å². The minimum absolute atomic E-state index is 0.0222. The molecule has 3 aromatic rings. The first kappa shape index (κ1) is 18.7. The number of hydrogen-bond donors (Lipinski definition) is 1. The van der Waals surface area contributed by atoms with Gasteiger partial charge in [0, 0.05) is 60.7 Å². The van der Waals surface area contributed by atoms with E-state index in [-0.39, 0.29) is 11.5 Å². The molecule has 0 radical (unpaired) electrons. The van der Waals surface area contributed by atoms with Crippen LogP contribution in [0.25, 0.3) is 11.3 Å². The van der Waals surface area contributed by atoms with Crippen molar-refractivity contribution in [1.29, 1.82) is 0 Å². The molecule has 0 aromatic carbocycles. The van der Waals surface area contributed by atoms with Crippen LogP contribution in [-0.4, -0.2) is 37.6 Å². The number of nitrogens with two attached hydrogens (primary N) is 1. The molecule has 30 heavy (non-hydrogen) atoms. The molecule has 0 spiro atoms. The molecule has 5 rings (SSSR count). The number of aromatic nitrogens is 5. The van der Waals surface area contributed by atoms with Crippen molar-refractivity contribution in [3.63, 3.8) is 0 Å². The average Bonchev–Trinajstić information content (AvgIpc) is 2.73. The Morgan fingerprint density at radius 3 is 2.77 bits per heavy atom. The van der Waals surface area contributed by atoms with Crippen LogP contribution in [0.1, 0.15) is 36.5 Å². The summed E-state index contributed by atoms with van der Waals surface area (Å²) < 4.78 is 1.94. The van der Waals surface area contributed by atoms with E-state index in [0.717, 1.165) is 61.1 Å². The smallest absolute Gasteiger partial charge is 0.251 e. The van der Waals surface area contributed by atoms with E-state index in [1.54, 1.807) is 12.1 Å². The van der Waals surface area contributed by atoms with Crippen LogP contribution in [0.15, 0.2) is 35.4 Å². The minimum Gasteiger partial charge on any atom is -0.384 e. The third-order valence-electron chi connectivity index (χ3n) is 6.10. The highest BCUT2D eigenvalue weighted by molar-refractivity contribution is 5.62. The van der Waals surface area contributed by atoms with Crippen molar-refractivity contribution < 1.29 is 0 Å². The molecule has 2 aliphatic rings. The van der Waals surface area contributed by atoms with Crippen LogP contribution in [0.2, 0.25) is 0 Å². The highest BCUT2D eigenvalue weighted by Gasteiger charge is 2.35. The van der Waals surface area contributed by atoms with Gasteiger partial charge in [0.1, 0.15) is 23.8 Å². The third-order valence-corrected chi connectivity index (χ3v) is 6.10. The summed E-state index contributed by atoms with van der Waals surface area (Å²) in [6.07, 6.45) is 3.40. The molecule has 2 atom stereocenters. The maximum absolute atomic E-state index is 12.9. The van der Waals surface area contributed by atoms with Crippen LogP contribution in [0.3, 0.4) is 0 Å². The molecule has 2 bridgehead atoms. The van der Waals surface area contributed by atoms with Gasteiger partial charge in [0.15, 0.2) is 0 Å². The van der Waals surface area contributed by atoms with Crippen molar-refractivity contribution in [3.05, 3.63) is 58.2 Å². The second kappa shape index (κ2) is 7.19. The molecule has 3 aromatic heterocycles. The van der Waals surface area contributed by atoms with E-state index in [2.05, 4.69) is 38.9 Å². The Kier molecular flexibility index (Phi) is 4.49. The maximum atomic E-state index is 12.9. The molecule has 0 amide bonds. The summed E-state index contributed by atoms with van der Waals surface area (Å²) in [6, 6.07) is 7.56. The van der Waals surface area contributed by atoms with Crippen LogP contribution < -0.4 is 16.2 Å². The monoisotopic (exact) mass is 403 g/mol. The van der Waals surface area contributed by atoms with Crippen LogP contribution in [0, 0.1) is 12.8 Å². The van der Waals surface area contributed by atoms with Gasteiger partial charge in [-0.25, -0.2) is 19.9 Å². The summed E-state index contributed by atoms with van der Waals surface area (Å²) >= 11 is 0. The quantitative estimate of drug-likeness (QED) is 0.715. The number of anilines is 2. The van der Waals surface area contributed by atoms with E-state index in [0.29, 0.717) is 17.4 Å². The van der Waals surface area contributed by atoms with Gasteiger partial charge in [-0.3, -0.25) is 4.79 Å². The second-order valence-corrected chi connectivity index (χ2v) is 8.27.